The second kappa shape index (κ2) is 8.37. The summed E-state index contributed by atoms with van der Waals surface area (Å²) in [5.74, 6) is 0.0416. The average Bonchev–Trinajstić information content (AvgIpc) is 2.82. The van der Waals surface area contributed by atoms with Crippen LogP contribution in [0.3, 0.4) is 0 Å². The van der Waals surface area contributed by atoms with Gasteiger partial charge >= 0.3 is 0 Å². The second-order valence-corrected chi connectivity index (χ2v) is 12.0. The lowest BCUT2D eigenvalue weighted by Crippen LogP contribution is -2.49. The Kier molecular flexibility index (Phi) is 5.66. The molecule has 36 heavy (non-hydrogen) atoms. The molecule has 1 N–H and O–H groups in total. The average molecular weight is 479 g/mol. The minimum Gasteiger partial charge on any atom is -0.380 e. The number of aryl methyl sites for hydroxylation is 1. The van der Waals surface area contributed by atoms with Crippen molar-refractivity contribution in [1.29, 1.82) is 0 Å². The largest absolute Gasteiger partial charge is 0.380 e. The molecular formula is C33H38N2O. The molecule has 2 heterocycles. The maximum absolute atomic E-state index is 13.9. The standard InChI is InChI=1S/C33H38N2O/c1-8-23-13-15-24(16-14-23)30(36)35-29-18-17-25(19-26(29)22(2)20-32(35,5)6)33(7)21-31(3,4)34-28-12-10-9-11-27(28)33/h9-20,34H,8,21H2,1-7H3/t33-/m1/s1. The van der Waals surface area contributed by atoms with Gasteiger partial charge in [-0.25, -0.2) is 0 Å². The summed E-state index contributed by atoms with van der Waals surface area (Å²) >= 11 is 0. The number of allylic oxidation sites excluding steroid dienone is 1. The van der Waals surface area contributed by atoms with E-state index in [1.165, 1.54) is 28.0 Å². The second-order valence-electron chi connectivity index (χ2n) is 12.0. The number of amides is 1. The highest BCUT2D eigenvalue weighted by Gasteiger charge is 2.43. The summed E-state index contributed by atoms with van der Waals surface area (Å²) in [4.78, 5) is 15.8. The summed E-state index contributed by atoms with van der Waals surface area (Å²) in [6, 6.07) is 23.5. The quantitative estimate of drug-likeness (QED) is 0.414. The first kappa shape index (κ1) is 24.4. The molecule has 0 aliphatic carbocycles. The lowest BCUT2D eigenvalue weighted by Gasteiger charge is -2.47. The van der Waals surface area contributed by atoms with Gasteiger partial charge in [0.1, 0.15) is 0 Å². The molecule has 3 nitrogen and oxygen atoms in total. The Bertz CT molecular complexity index is 1360. The van der Waals surface area contributed by atoms with E-state index in [9.17, 15) is 4.79 Å². The van der Waals surface area contributed by atoms with Gasteiger partial charge in [-0.3, -0.25) is 9.69 Å². The van der Waals surface area contributed by atoms with Gasteiger partial charge in [0.05, 0.1) is 11.2 Å². The Hall–Kier alpha value is -3.33. The third-order valence-electron chi connectivity index (χ3n) is 8.05. The summed E-state index contributed by atoms with van der Waals surface area (Å²) in [7, 11) is 0. The van der Waals surface area contributed by atoms with Gasteiger partial charge in [-0.1, -0.05) is 56.3 Å². The lowest BCUT2D eigenvalue weighted by atomic mass is 9.65. The lowest BCUT2D eigenvalue weighted by molar-refractivity contribution is 0.0970. The summed E-state index contributed by atoms with van der Waals surface area (Å²) in [5.41, 5.74) is 8.53. The van der Waals surface area contributed by atoms with Crippen LogP contribution < -0.4 is 10.2 Å². The third kappa shape index (κ3) is 3.95. The Morgan fingerprint density at radius 2 is 1.64 bits per heavy atom. The minimum absolute atomic E-state index is 0.0292. The highest BCUT2D eigenvalue weighted by Crippen LogP contribution is 2.49. The van der Waals surface area contributed by atoms with E-state index >= 15 is 0 Å². The molecular weight excluding hydrogens is 440 g/mol. The number of hydrogen-bond donors (Lipinski definition) is 1. The van der Waals surface area contributed by atoms with Crippen molar-refractivity contribution in [3.63, 3.8) is 0 Å². The maximum Gasteiger partial charge on any atom is 0.259 e. The molecule has 5 rings (SSSR count). The molecule has 0 unspecified atom stereocenters. The first-order chi connectivity index (χ1) is 16.9. The molecule has 0 aromatic heterocycles. The van der Waals surface area contributed by atoms with Gasteiger partial charge in [-0.05, 0) is 100 Å². The molecule has 1 atom stereocenters. The van der Waals surface area contributed by atoms with Crippen LogP contribution in [0.5, 0.6) is 0 Å². The molecule has 0 radical (unpaired) electrons. The van der Waals surface area contributed by atoms with Crippen molar-refractivity contribution in [1.82, 2.24) is 0 Å². The van der Waals surface area contributed by atoms with Crippen LogP contribution in [-0.4, -0.2) is 17.0 Å². The molecule has 0 saturated heterocycles. The summed E-state index contributed by atoms with van der Waals surface area (Å²) in [6.07, 6.45) is 4.18. The highest BCUT2D eigenvalue weighted by atomic mass is 16.2. The van der Waals surface area contributed by atoms with Crippen molar-refractivity contribution in [2.24, 2.45) is 0 Å². The Morgan fingerprint density at radius 3 is 2.33 bits per heavy atom. The molecule has 1 amide bonds. The maximum atomic E-state index is 13.9. The fraction of sp³-hybridized carbons (Fsp3) is 0.364. The molecule has 3 aromatic carbocycles. The fourth-order valence-corrected chi connectivity index (χ4v) is 6.47. The van der Waals surface area contributed by atoms with Gasteiger partial charge in [-0.2, -0.15) is 0 Å². The zero-order valence-corrected chi connectivity index (χ0v) is 22.7. The number of carbonyl (C=O) groups is 1. The van der Waals surface area contributed by atoms with Crippen molar-refractivity contribution in [2.75, 3.05) is 10.2 Å². The van der Waals surface area contributed by atoms with E-state index in [1.807, 2.05) is 17.0 Å². The Balaban J connectivity index is 1.62. The summed E-state index contributed by atoms with van der Waals surface area (Å²) < 4.78 is 0. The van der Waals surface area contributed by atoms with Crippen molar-refractivity contribution < 1.29 is 4.79 Å². The number of fused-ring (bicyclic) bond motifs is 2. The SMILES string of the molecule is CCc1ccc(C(=O)N2c3ccc([C@@]4(C)CC(C)(C)Nc5ccccc54)cc3C(C)=CC2(C)C)cc1. The van der Waals surface area contributed by atoms with Crippen LogP contribution in [0.2, 0.25) is 0 Å². The van der Waals surface area contributed by atoms with Crippen molar-refractivity contribution in [3.05, 3.63) is 101 Å². The van der Waals surface area contributed by atoms with E-state index in [0.29, 0.717) is 0 Å². The third-order valence-corrected chi connectivity index (χ3v) is 8.05. The predicted molar refractivity (Wildman–Crippen MR) is 152 cm³/mol. The minimum atomic E-state index is -0.424. The van der Waals surface area contributed by atoms with E-state index in [2.05, 4.69) is 114 Å². The van der Waals surface area contributed by atoms with Crippen LogP contribution in [-0.2, 0) is 11.8 Å². The van der Waals surface area contributed by atoms with Crippen LogP contribution in [0.1, 0.15) is 87.5 Å². The van der Waals surface area contributed by atoms with Crippen molar-refractivity contribution in [3.8, 4) is 0 Å². The predicted octanol–water partition coefficient (Wildman–Crippen LogP) is 7.99. The van der Waals surface area contributed by atoms with Gasteiger partial charge in [-0.15, -0.1) is 0 Å². The van der Waals surface area contributed by atoms with E-state index < -0.39 is 5.54 Å². The van der Waals surface area contributed by atoms with Gasteiger partial charge < -0.3 is 5.32 Å². The molecule has 2 aliphatic rings. The Labute approximate surface area is 216 Å². The first-order valence-corrected chi connectivity index (χ1v) is 13.1. The number of anilines is 2. The number of hydrogen-bond acceptors (Lipinski definition) is 2. The molecule has 3 heteroatoms. The van der Waals surface area contributed by atoms with Crippen LogP contribution in [0.15, 0.2) is 72.8 Å². The first-order valence-electron chi connectivity index (χ1n) is 13.1. The molecule has 2 aliphatic heterocycles. The fourth-order valence-electron chi connectivity index (χ4n) is 6.47. The van der Waals surface area contributed by atoms with Crippen LogP contribution in [0, 0.1) is 0 Å². The normalized spacial score (nSPS) is 21.6. The number of carbonyl (C=O) groups excluding carboxylic acids is 1. The van der Waals surface area contributed by atoms with Crippen LogP contribution >= 0.6 is 0 Å². The Morgan fingerprint density at radius 1 is 0.944 bits per heavy atom. The molecule has 0 fully saturated rings. The summed E-state index contributed by atoms with van der Waals surface area (Å²) in [6.45, 7) is 15.5. The smallest absolute Gasteiger partial charge is 0.259 e. The molecule has 0 spiro atoms. The van der Waals surface area contributed by atoms with Gasteiger partial charge in [0.25, 0.3) is 5.91 Å². The van der Waals surface area contributed by atoms with Crippen molar-refractivity contribution >= 4 is 22.9 Å². The summed E-state index contributed by atoms with van der Waals surface area (Å²) in [5, 5.41) is 3.73. The highest BCUT2D eigenvalue weighted by molar-refractivity contribution is 6.10. The number of nitrogens with one attached hydrogen (secondary N) is 1. The van der Waals surface area contributed by atoms with Gasteiger partial charge in [0.2, 0.25) is 0 Å². The number of benzene rings is 3. The topological polar surface area (TPSA) is 32.3 Å². The molecule has 186 valence electrons. The number of rotatable bonds is 3. The molecule has 3 aromatic rings. The van der Waals surface area contributed by atoms with Crippen molar-refractivity contribution in [2.45, 2.75) is 77.8 Å². The van der Waals surface area contributed by atoms with Gasteiger partial charge in [0.15, 0.2) is 0 Å². The van der Waals surface area contributed by atoms with E-state index in [-0.39, 0.29) is 16.9 Å². The van der Waals surface area contributed by atoms with Gasteiger partial charge in [0, 0.05) is 27.8 Å². The van der Waals surface area contributed by atoms with E-state index in [0.717, 1.165) is 29.7 Å². The van der Waals surface area contributed by atoms with E-state index in [4.69, 9.17) is 0 Å². The zero-order chi connectivity index (χ0) is 25.9. The molecule has 0 bridgehead atoms. The zero-order valence-electron chi connectivity index (χ0n) is 22.7. The monoisotopic (exact) mass is 478 g/mol. The van der Waals surface area contributed by atoms with Crippen LogP contribution in [0.25, 0.3) is 5.57 Å². The number of para-hydroxylation sites is 1. The van der Waals surface area contributed by atoms with Crippen LogP contribution in [0.4, 0.5) is 11.4 Å². The van der Waals surface area contributed by atoms with E-state index in [1.54, 1.807) is 0 Å². The molecule has 0 saturated carbocycles. The number of nitrogens with zero attached hydrogens (tertiary/aromatic N) is 1.